The van der Waals surface area contributed by atoms with E-state index in [9.17, 15) is 14.9 Å². The quantitative estimate of drug-likeness (QED) is 0.512. The fraction of sp³-hybridized carbons (Fsp3) is 0.417. The maximum atomic E-state index is 12.3. The number of halogens is 1. The number of nitrogens with zero attached hydrogens (tertiary/aromatic N) is 2. The van der Waals surface area contributed by atoms with E-state index in [0.717, 1.165) is 12.5 Å². The molecule has 1 aromatic rings. The van der Waals surface area contributed by atoms with Crippen LogP contribution < -0.4 is 5.73 Å². The van der Waals surface area contributed by atoms with Gasteiger partial charge in [0.2, 0.25) is 0 Å². The van der Waals surface area contributed by atoms with E-state index in [1.54, 1.807) is 4.90 Å². The highest BCUT2D eigenvalue weighted by Gasteiger charge is 2.27. The van der Waals surface area contributed by atoms with Gasteiger partial charge in [-0.25, -0.2) is 0 Å². The molecule has 6 nitrogen and oxygen atoms in total. The van der Waals surface area contributed by atoms with Crippen molar-refractivity contribution in [3.8, 4) is 0 Å². The molecule has 1 aliphatic rings. The van der Waals surface area contributed by atoms with Crippen molar-refractivity contribution in [1.29, 1.82) is 0 Å². The summed E-state index contributed by atoms with van der Waals surface area (Å²) in [5, 5.41) is 10.8. The van der Waals surface area contributed by atoms with Gasteiger partial charge in [-0.05, 0) is 12.3 Å². The number of nitrogen functional groups attached to an aromatic ring is 1. The van der Waals surface area contributed by atoms with Crippen LogP contribution in [-0.2, 0) is 0 Å². The van der Waals surface area contributed by atoms with Gasteiger partial charge in [0, 0.05) is 25.2 Å². The van der Waals surface area contributed by atoms with Crippen LogP contribution in [0.15, 0.2) is 12.1 Å². The van der Waals surface area contributed by atoms with Crippen molar-refractivity contribution in [3.05, 3.63) is 32.8 Å². The second-order valence-corrected chi connectivity index (χ2v) is 5.20. The normalized spacial score (nSPS) is 18.6. The number of amides is 1. The van der Waals surface area contributed by atoms with Crippen LogP contribution >= 0.6 is 11.6 Å². The highest BCUT2D eigenvalue weighted by Crippen LogP contribution is 2.30. The third kappa shape index (κ3) is 2.63. The third-order valence-electron chi connectivity index (χ3n) is 3.27. The van der Waals surface area contributed by atoms with Gasteiger partial charge in [-0.1, -0.05) is 18.5 Å². The summed E-state index contributed by atoms with van der Waals surface area (Å²) in [5.74, 6) is 0.131. The molecule has 1 atom stereocenters. The minimum atomic E-state index is -0.589. The fourth-order valence-corrected chi connectivity index (χ4v) is 2.39. The second kappa shape index (κ2) is 5.05. The molecular formula is C12H14ClN3O3. The monoisotopic (exact) mass is 283 g/mol. The van der Waals surface area contributed by atoms with Gasteiger partial charge in [0.25, 0.3) is 11.6 Å². The van der Waals surface area contributed by atoms with Gasteiger partial charge in [-0.3, -0.25) is 14.9 Å². The van der Waals surface area contributed by atoms with Crippen molar-refractivity contribution in [1.82, 2.24) is 4.90 Å². The zero-order valence-corrected chi connectivity index (χ0v) is 11.2. The Balaban J connectivity index is 2.38. The lowest BCUT2D eigenvalue weighted by Gasteiger charge is -2.17. The highest BCUT2D eigenvalue weighted by atomic mass is 35.5. The fourth-order valence-electron chi connectivity index (χ4n) is 2.18. The molecule has 102 valence electrons. The van der Waals surface area contributed by atoms with Crippen LogP contribution in [0.25, 0.3) is 0 Å². The summed E-state index contributed by atoms with van der Waals surface area (Å²) >= 11 is 5.84. The van der Waals surface area contributed by atoms with Gasteiger partial charge in [0.15, 0.2) is 0 Å². The van der Waals surface area contributed by atoms with E-state index in [4.69, 9.17) is 17.3 Å². The number of benzene rings is 1. The first kappa shape index (κ1) is 13.6. The van der Waals surface area contributed by atoms with E-state index in [2.05, 4.69) is 6.92 Å². The minimum Gasteiger partial charge on any atom is -0.397 e. The van der Waals surface area contributed by atoms with Crippen LogP contribution in [0.5, 0.6) is 0 Å². The molecule has 0 bridgehead atoms. The van der Waals surface area contributed by atoms with Crippen LogP contribution in [0.2, 0.25) is 5.02 Å². The minimum absolute atomic E-state index is 0.0322. The molecule has 0 saturated carbocycles. The molecule has 0 aliphatic carbocycles. The maximum absolute atomic E-state index is 12.3. The zero-order valence-electron chi connectivity index (χ0n) is 10.4. The summed E-state index contributed by atoms with van der Waals surface area (Å²) in [4.78, 5) is 24.2. The van der Waals surface area contributed by atoms with Crippen molar-refractivity contribution in [3.63, 3.8) is 0 Å². The van der Waals surface area contributed by atoms with Gasteiger partial charge in [0.1, 0.15) is 0 Å². The zero-order chi connectivity index (χ0) is 14.2. The molecule has 0 spiro atoms. The number of rotatable bonds is 2. The number of nitro benzene ring substituents is 1. The molecule has 1 saturated heterocycles. The molecule has 0 radical (unpaired) electrons. The Hall–Kier alpha value is -1.82. The van der Waals surface area contributed by atoms with Crippen molar-refractivity contribution < 1.29 is 9.72 Å². The number of hydrogen-bond acceptors (Lipinski definition) is 4. The number of non-ortho nitro benzene ring substituents is 1. The standard InChI is InChI=1S/C12H14ClN3O3/c1-7-2-3-15(6-7)12(17)9-4-8(16(18)19)5-10(13)11(9)14/h4-5,7H,2-3,6,14H2,1H3. The van der Waals surface area contributed by atoms with E-state index in [1.807, 2.05) is 0 Å². The van der Waals surface area contributed by atoms with Gasteiger partial charge in [-0.2, -0.15) is 0 Å². The predicted molar refractivity (Wildman–Crippen MR) is 72.2 cm³/mol. The van der Waals surface area contributed by atoms with Crippen molar-refractivity contribution in [2.24, 2.45) is 5.92 Å². The lowest BCUT2D eigenvalue weighted by Crippen LogP contribution is -2.29. The van der Waals surface area contributed by atoms with Crippen molar-refractivity contribution in [2.75, 3.05) is 18.8 Å². The van der Waals surface area contributed by atoms with E-state index in [1.165, 1.54) is 6.07 Å². The van der Waals surface area contributed by atoms with E-state index in [-0.39, 0.29) is 27.9 Å². The second-order valence-electron chi connectivity index (χ2n) is 4.79. The smallest absolute Gasteiger partial charge is 0.271 e. The number of anilines is 1. The first-order valence-electron chi connectivity index (χ1n) is 5.93. The Morgan fingerprint density at radius 1 is 1.58 bits per heavy atom. The molecule has 1 heterocycles. The summed E-state index contributed by atoms with van der Waals surface area (Å²) in [5.41, 5.74) is 5.72. The van der Waals surface area contributed by atoms with Crippen molar-refractivity contribution in [2.45, 2.75) is 13.3 Å². The van der Waals surface area contributed by atoms with E-state index >= 15 is 0 Å². The Labute approximate surface area is 115 Å². The van der Waals surface area contributed by atoms with Gasteiger partial charge in [-0.15, -0.1) is 0 Å². The average molecular weight is 284 g/mol. The van der Waals surface area contributed by atoms with E-state index < -0.39 is 4.92 Å². The molecule has 19 heavy (non-hydrogen) atoms. The van der Waals surface area contributed by atoms with Gasteiger partial charge < -0.3 is 10.6 Å². The molecular weight excluding hydrogens is 270 g/mol. The lowest BCUT2D eigenvalue weighted by molar-refractivity contribution is -0.384. The molecule has 2 rings (SSSR count). The van der Waals surface area contributed by atoms with E-state index in [0.29, 0.717) is 19.0 Å². The maximum Gasteiger partial charge on any atom is 0.271 e. The largest absolute Gasteiger partial charge is 0.397 e. The number of nitro groups is 1. The summed E-state index contributed by atoms with van der Waals surface area (Å²) < 4.78 is 0. The first-order chi connectivity index (χ1) is 8.90. The van der Waals surface area contributed by atoms with Crippen LogP contribution in [0.1, 0.15) is 23.7 Å². The Morgan fingerprint density at radius 2 is 2.26 bits per heavy atom. The number of carbonyl (C=O) groups excluding carboxylic acids is 1. The van der Waals surface area contributed by atoms with Gasteiger partial charge >= 0.3 is 0 Å². The number of hydrogen-bond donors (Lipinski definition) is 1. The van der Waals surface area contributed by atoms with Crippen LogP contribution in [0, 0.1) is 16.0 Å². The molecule has 1 aromatic carbocycles. The highest BCUT2D eigenvalue weighted by molar-refractivity contribution is 6.34. The van der Waals surface area contributed by atoms with Crippen LogP contribution in [0.4, 0.5) is 11.4 Å². The average Bonchev–Trinajstić information content (AvgIpc) is 2.78. The Kier molecular flexibility index (Phi) is 3.61. The summed E-state index contributed by atoms with van der Waals surface area (Å²) in [7, 11) is 0. The molecule has 1 aliphatic heterocycles. The summed E-state index contributed by atoms with van der Waals surface area (Å²) in [6.45, 7) is 3.33. The van der Waals surface area contributed by atoms with Crippen LogP contribution in [-0.4, -0.2) is 28.8 Å². The number of likely N-dealkylation sites (tertiary alicyclic amines) is 1. The van der Waals surface area contributed by atoms with Gasteiger partial charge in [0.05, 0.1) is 21.2 Å². The molecule has 7 heteroatoms. The first-order valence-corrected chi connectivity index (χ1v) is 6.30. The summed E-state index contributed by atoms with van der Waals surface area (Å²) in [6.07, 6.45) is 0.925. The summed E-state index contributed by atoms with van der Waals surface area (Å²) in [6, 6.07) is 2.34. The third-order valence-corrected chi connectivity index (χ3v) is 3.58. The number of nitrogens with two attached hydrogens (primary N) is 1. The molecule has 1 unspecified atom stereocenters. The topological polar surface area (TPSA) is 89.5 Å². The SMILES string of the molecule is CC1CCN(C(=O)c2cc([N+](=O)[O-])cc(Cl)c2N)C1. The molecule has 0 aromatic heterocycles. The Bertz CT molecular complexity index is 547. The predicted octanol–water partition coefficient (Wildman–Crippen LogP) is 2.31. The molecule has 1 fully saturated rings. The Morgan fingerprint density at radius 3 is 2.79 bits per heavy atom. The van der Waals surface area contributed by atoms with Crippen LogP contribution in [0.3, 0.4) is 0 Å². The number of carbonyl (C=O) groups is 1. The molecule has 2 N–H and O–H groups in total. The van der Waals surface area contributed by atoms with Crippen molar-refractivity contribution >= 4 is 28.9 Å². The molecule has 1 amide bonds. The lowest BCUT2D eigenvalue weighted by atomic mass is 10.1.